The van der Waals surface area contributed by atoms with Crippen LogP contribution < -0.4 is 25.7 Å². The zero-order valence-electron chi connectivity index (χ0n) is 33.8. The molecule has 2 aromatic heterocycles. The Morgan fingerprint density at radius 3 is 2.36 bits per heavy atom. The summed E-state index contributed by atoms with van der Waals surface area (Å²) in [7, 11) is 4.91. The molecule has 58 heavy (non-hydrogen) atoms. The number of H-pyrrole nitrogens is 1. The molecule has 3 N–H and O–H groups in total. The second-order valence-electron chi connectivity index (χ2n) is 15.6. The maximum Gasteiger partial charge on any atom is 0.276 e. The quantitative estimate of drug-likeness (QED) is 0.0832. The number of aromatic amines is 1. The minimum Gasteiger partial charge on any atom is -0.496 e. The van der Waals surface area contributed by atoms with E-state index in [0.717, 1.165) is 54.4 Å². The first-order valence-electron chi connectivity index (χ1n) is 20.5. The maximum absolute atomic E-state index is 15.1. The monoisotopic (exact) mass is 798 g/mol. The average Bonchev–Trinajstić information content (AvgIpc) is 3.72. The molecule has 0 saturated carbocycles. The summed E-state index contributed by atoms with van der Waals surface area (Å²) in [5.74, 6) is 0.360. The second-order valence-corrected chi connectivity index (χ2v) is 15.6. The zero-order chi connectivity index (χ0) is 41.2. The average molecular weight is 799 g/mol. The van der Waals surface area contributed by atoms with E-state index in [1.54, 1.807) is 33.7 Å². The fourth-order valence-corrected chi connectivity index (χ4v) is 8.29. The van der Waals surface area contributed by atoms with E-state index in [2.05, 4.69) is 20.8 Å². The number of rotatable bonds is 18. The third-order valence-corrected chi connectivity index (χ3v) is 11.6. The number of methoxy groups -OCH3 is 2. The van der Waals surface area contributed by atoms with Crippen LogP contribution in [0.15, 0.2) is 47.5 Å². The van der Waals surface area contributed by atoms with Gasteiger partial charge in [0.2, 0.25) is 23.6 Å². The lowest BCUT2D eigenvalue weighted by Crippen LogP contribution is -2.41. The van der Waals surface area contributed by atoms with Crippen LogP contribution in [0.2, 0.25) is 0 Å². The number of nitrogens with one attached hydrogen (secondary N) is 3. The van der Waals surface area contributed by atoms with E-state index in [4.69, 9.17) is 9.47 Å². The summed E-state index contributed by atoms with van der Waals surface area (Å²) in [6.45, 7) is 1.84. The number of imide groups is 1. The van der Waals surface area contributed by atoms with E-state index in [9.17, 15) is 24.0 Å². The molecule has 1 unspecified atom stereocenters. The largest absolute Gasteiger partial charge is 0.496 e. The number of pyridine rings is 1. The van der Waals surface area contributed by atoms with Crippen LogP contribution in [-0.2, 0) is 39.1 Å². The Labute approximate surface area is 338 Å². The SMILES string of the molecule is COc1cc(-c2cn(C)c(=O)c3[nH]ncc23)cc(OC)c1CCCC(=O)NCCCCCCCC(=O)N1CCC(c2ccc(CC3CCC(=O)NC3=O)cc2F)CC1. The van der Waals surface area contributed by atoms with Crippen molar-refractivity contribution in [3.8, 4) is 22.6 Å². The molecule has 4 aromatic rings. The van der Waals surface area contributed by atoms with Crippen molar-refractivity contribution in [2.45, 2.75) is 95.8 Å². The van der Waals surface area contributed by atoms with Crippen LogP contribution in [0.5, 0.6) is 11.5 Å². The maximum atomic E-state index is 15.1. The van der Waals surface area contributed by atoms with Crippen LogP contribution in [-0.4, -0.2) is 77.1 Å². The van der Waals surface area contributed by atoms with E-state index in [0.29, 0.717) is 105 Å². The van der Waals surface area contributed by atoms with E-state index >= 15 is 4.39 Å². The fraction of sp³-hybridized carbons (Fsp3) is 0.500. The number of hydrogen-bond donors (Lipinski definition) is 3. The number of fused-ring (bicyclic) bond motifs is 1. The Balaban J connectivity index is 0.838. The highest BCUT2D eigenvalue weighted by Crippen LogP contribution is 2.38. The number of piperidine rings is 2. The Morgan fingerprint density at radius 2 is 1.66 bits per heavy atom. The van der Waals surface area contributed by atoms with Crippen molar-refractivity contribution in [1.29, 1.82) is 0 Å². The first-order chi connectivity index (χ1) is 28.1. The summed E-state index contributed by atoms with van der Waals surface area (Å²) in [6.07, 6.45) is 12.7. The van der Waals surface area contributed by atoms with Crippen molar-refractivity contribution < 1.29 is 33.0 Å². The smallest absolute Gasteiger partial charge is 0.276 e. The lowest BCUT2D eigenvalue weighted by Gasteiger charge is -2.32. The molecule has 0 bridgehead atoms. The Kier molecular flexibility index (Phi) is 14.3. The third-order valence-electron chi connectivity index (χ3n) is 11.6. The van der Waals surface area contributed by atoms with Gasteiger partial charge >= 0.3 is 0 Å². The minimum absolute atomic E-state index is 0.000932. The molecular formula is C44H55FN6O7. The van der Waals surface area contributed by atoms with Gasteiger partial charge in [-0.25, -0.2) is 4.39 Å². The predicted octanol–water partition coefficient (Wildman–Crippen LogP) is 5.87. The molecule has 310 valence electrons. The van der Waals surface area contributed by atoms with Crippen molar-refractivity contribution >= 4 is 34.5 Å². The van der Waals surface area contributed by atoms with E-state index in [-0.39, 0.29) is 46.8 Å². The highest BCUT2D eigenvalue weighted by molar-refractivity contribution is 5.98. The number of likely N-dealkylation sites (tertiary alicyclic amines) is 1. The number of benzene rings is 2. The molecule has 4 amide bonds. The number of aryl methyl sites for hydroxylation is 1. The van der Waals surface area contributed by atoms with Gasteiger partial charge in [0.05, 0.1) is 20.4 Å². The number of halogens is 1. The number of amides is 4. The van der Waals surface area contributed by atoms with Crippen molar-refractivity contribution in [3.05, 3.63) is 75.6 Å². The molecular weight excluding hydrogens is 744 g/mol. The number of unbranched alkanes of at least 4 members (excludes halogenated alkanes) is 4. The lowest BCUT2D eigenvalue weighted by atomic mass is 9.86. The van der Waals surface area contributed by atoms with E-state index in [1.165, 1.54) is 10.6 Å². The molecule has 2 aromatic carbocycles. The third kappa shape index (κ3) is 10.3. The molecule has 2 fully saturated rings. The number of hydrogen-bond acceptors (Lipinski definition) is 8. The molecule has 2 aliphatic rings. The van der Waals surface area contributed by atoms with Crippen molar-refractivity contribution in [3.63, 3.8) is 0 Å². The first kappa shape index (κ1) is 42.1. The molecule has 2 aliphatic heterocycles. The topological polar surface area (TPSA) is 165 Å². The van der Waals surface area contributed by atoms with Crippen LogP contribution >= 0.6 is 0 Å². The number of carbonyl (C=O) groups is 4. The van der Waals surface area contributed by atoms with Gasteiger partial charge in [0.15, 0.2) is 0 Å². The normalized spacial score (nSPS) is 16.1. The lowest BCUT2D eigenvalue weighted by molar-refractivity contribution is -0.136. The van der Waals surface area contributed by atoms with Crippen LogP contribution in [0.25, 0.3) is 22.0 Å². The summed E-state index contributed by atoms with van der Waals surface area (Å²) in [6, 6.07) is 9.06. The molecule has 13 nitrogen and oxygen atoms in total. The van der Waals surface area contributed by atoms with E-state index < -0.39 is 0 Å². The first-order valence-corrected chi connectivity index (χ1v) is 20.5. The summed E-state index contributed by atoms with van der Waals surface area (Å²) >= 11 is 0. The Morgan fingerprint density at radius 1 is 0.931 bits per heavy atom. The highest BCUT2D eigenvalue weighted by Gasteiger charge is 2.28. The Hall–Kier alpha value is -5.53. The van der Waals surface area contributed by atoms with Gasteiger partial charge < -0.3 is 24.3 Å². The van der Waals surface area contributed by atoms with Gasteiger partial charge in [0.25, 0.3) is 5.56 Å². The second kappa shape index (κ2) is 19.8. The predicted molar refractivity (Wildman–Crippen MR) is 218 cm³/mol. The summed E-state index contributed by atoms with van der Waals surface area (Å²) in [5.41, 5.74) is 4.20. The van der Waals surface area contributed by atoms with Crippen molar-refractivity contribution in [2.24, 2.45) is 13.0 Å². The summed E-state index contributed by atoms with van der Waals surface area (Å²) in [5, 5.41) is 13.0. The highest BCUT2D eigenvalue weighted by atomic mass is 19.1. The molecule has 14 heteroatoms. The van der Waals surface area contributed by atoms with Gasteiger partial charge in [-0.2, -0.15) is 5.10 Å². The van der Waals surface area contributed by atoms with Gasteiger partial charge in [0.1, 0.15) is 22.8 Å². The van der Waals surface area contributed by atoms with Crippen molar-refractivity contribution in [1.82, 2.24) is 30.3 Å². The van der Waals surface area contributed by atoms with E-state index in [1.807, 2.05) is 29.2 Å². The van der Waals surface area contributed by atoms with Crippen LogP contribution in [0.3, 0.4) is 0 Å². The summed E-state index contributed by atoms with van der Waals surface area (Å²) < 4.78 is 28.1. The molecule has 1 atom stereocenters. The zero-order valence-corrected chi connectivity index (χ0v) is 33.8. The molecule has 0 aliphatic carbocycles. The standard InChI is InChI=1S/C44H55FN6O7/c1-50-27-35(34-26-47-49-42(34)44(50)56)31-24-37(57-2)33(38(25-31)58-3)10-9-11-39(52)46-19-8-6-4-5-7-12-41(54)51-20-17-29(18-21-51)32-15-13-28(23-36(32)45)22-30-14-16-40(53)48-43(30)55/h13,15,23-27,29-30H,4-12,14,16-22H2,1-3H3,(H,46,52)(H,47,49)(H,48,53,55). The number of ether oxygens (including phenoxy) is 2. The van der Waals surface area contributed by atoms with Gasteiger partial charge in [-0.1, -0.05) is 31.4 Å². The number of aromatic nitrogens is 3. The van der Waals surface area contributed by atoms with Gasteiger partial charge in [-0.3, -0.25) is 34.4 Å². The number of carbonyl (C=O) groups excluding carboxylic acids is 4. The minimum atomic E-state index is -0.320. The molecule has 0 spiro atoms. The fourth-order valence-electron chi connectivity index (χ4n) is 8.29. The van der Waals surface area contributed by atoms with Gasteiger partial charge in [-0.15, -0.1) is 0 Å². The van der Waals surface area contributed by atoms with Crippen LogP contribution in [0.1, 0.15) is 99.7 Å². The molecule has 2 saturated heterocycles. The Bertz CT molecular complexity index is 2150. The van der Waals surface area contributed by atoms with Gasteiger partial charge in [0, 0.05) is 74.6 Å². The van der Waals surface area contributed by atoms with Crippen LogP contribution in [0, 0.1) is 11.7 Å². The molecule has 6 rings (SSSR count). The van der Waals surface area contributed by atoms with Gasteiger partial charge in [-0.05, 0) is 92.2 Å². The van der Waals surface area contributed by atoms with Crippen molar-refractivity contribution in [2.75, 3.05) is 33.9 Å². The molecule has 0 radical (unpaired) electrons. The number of nitrogens with zero attached hydrogens (tertiary/aromatic N) is 3. The summed E-state index contributed by atoms with van der Waals surface area (Å²) in [4.78, 5) is 63.5. The van der Waals surface area contributed by atoms with Crippen LogP contribution in [0.4, 0.5) is 4.39 Å². The molecule has 4 heterocycles.